The highest BCUT2D eigenvalue weighted by atomic mass is 15.1. The Hall–Kier alpha value is -0.0800. The van der Waals surface area contributed by atoms with Gasteiger partial charge in [0.15, 0.2) is 0 Å². The minimum atomic E-state index is 0.566. The topological polar surface area (TPSA) is 15.3 Å². The first-order valence-electron chi connectivity index (χ1n) is 7.13. The van der Waals surface area contributed by atoms with E-state index >= 15 is 0 Å². The summed E-state index contributed by atoms with van der Waals surface area (Å²) in [6, 6.07) is 0. The van der Waals surface area contributed by atoms with Gasteiger partial charge in [-0.15, -0.1) is 0 Å². The molecule has 0 aromatic rings. The predicted molar refractivity (Wildman–Crippen MR) is 69.7 cm³/mol. The molecule has 0 aromatic heterocycles. The third-order valence-electron chi connectivity index (χ3n) is 4.71. The summed E-state index contributed by atoms with van der Waals surface area (Å²) in [6.45, 7) is 7.46. The van der Waals surface area contributed by atoms with Gasteiger partial charge < -0.3 is 10.2 Å². The number of hydrogen-bond donors (Lipinski definition) is 1. The fourth-order valence-electron chi connectivity index (χ4n) is 3.33. The molecular weight excluding hydrogens is 196 g/mol. The molecule has 1 heterocycles. The van der Waals surface area contributed by atoms with Gasteiger partial charge in [0, 0.05) is 19.6 Å². The van der Waals surface area contributed by atoms with Crippen molar-refractivity contribution in [2.45, 2.75) is 45.4 Å². The summed E-state index contributed by atoms with van der Waals surface area (Å²) < 4.78 is 0. The summed E-state index contributed by atoms with van der Waals surface area (Å²) in [5.41, 5.74) is 0.566. The second-order valence-corrected chi connectivity index (χ2v) is 6.13. The second kappa shape index (κ2) is 5.50. The molecule has 0 radical (unpaired) electrons. The summed E-state index contributed by atoms with van der Waals surface area (Å²) in [5.74, 6) is 1.01. The number of nitrogens with zero attached hydrogens (tertiary/aromatic N) is 1. The van der Waals surface area contributed by atoms with E-state index in [-0.39, 0.29) is 0 Å². The van der Waals surface area contributed by atoms with E-state index in [9.17, 15) is 0 Å². The molecule has 1 aliphatic carbocycles. The van der Waals surface area contributed by atoms with Crippen molar-refractivity contribution in [2.24, 2.45) is 11.3 Å². The molecule has 1 N–H and O–H groups in total. The molecule has 2 heteroatoms. The molecule has 0 amide bonds. The van der Waals surface area contributed by atoms with Crippen LogP contribution < -0.4 is 5.32 Å². The molecule has 1 unspecified atom stereocenters. The molecule has 0 aromatic carbocycles. The van der Waals surface area contributed by atoms with E-state index in [2.05, 4.69) is 24.2 Å². The smallest absolute Gasteiger partial charge is 0.00471 e. The Labute approximate surface area is 101 Å². The third-order valence-corrected chi connectivity index (χ3v) is 4.71. The molecule has 1 atom stereocenters. The first-order valence-corrected chi connectivity index (χ1v) is 7.13. The molecule has 2 nitrogen and oxygen atoms in total. The molecular formula is C14H28N2. The van der Waals surface area contributed by atoms with Crippen molar-refractivity contribution in [1.29, 1.82) is 0 Å². The number of rotatable bonds is 5. The summed E-state index contributed by atoms with van der Waals surface area (Å²) in [4.78, 5) is 2.60. The third kappa shape index (κ3) is 2.98. The Kier molecular flexibility index (Phi) is 4.26. The Bertz CT molecular complexity index is 205. The van der Waals surface area contributed by atoms with E-state index in [0.29, 0.717) is 5.41 Å². The van der Waals surface area contributed by atoms with Gasteiger partial charge in [0.05, 0.1) is 0 Å². The Morgan fingerprint density at radius 2 is 2.12 bits per heavy atom. The molecule has 1 saturated carbocycles. The summed E-state index contributed by atoms with van der Waals surface area (Å²) in [7, 11) is 2.32. The van der Waals surface area contributed by atoms with Crippen LogP contribution in [0.25, 0.3) is 0 Å². The van der Waals surface area contributed by atoms with Gasteiger partial charge in [0.2, 0.25) is 0 Å². The zero-order valence-corrected chi connectivity index (χ0v) is 11.1. The van der Waals surface area contributed by atoms with Gasteiger partial charge in [0.25, 0.3) is 0 Å². The standard InChI is InChI=1S/C14H28N2/c1-3-14(8-5-9-15-11-14)12-16(2)10-13-6-4-7-13/h13,15H,3-12H2,1-2H3. The van der Waals surface area contributed by atoms with Crippen molar-refractivity contribution >= 4 is 0 Å². The van der Waals surface area contributed by atoms with Crippen molar-refractivity contribution in [3.63, 3.8) is 0 Å². The maximum absolute atomic E-state index is 3.59. The van der Waals surface area contributed by atoms with E-state index in [1.807, 2.05) is 0 Å². The van der Waals surface area contributed by atoms with E-state index in [0.717, 1.165) is 5.92 Å². The van der Waals surface area contributed by atoms with Crippen LogP contribution in [0.15, 0.2) is 0 Å². The summed E-state index contributed by atoms with van der Waals surface area (Å²) >= 11 is 0. The summed E-state index contributed by atoms with van der Waals surface area (Å²) in [5, 5.41) is 3.59. The van der Waals surface area contributed by atoms with Crippen LogP contribution in [-0.4, -0.2) is 38.1 Å². The molecule has 0 bridgehead atoms. The zero-order chi connectivity index (χ0) is 11.4. The first kappa shape index (κ1) is 12.4. The van der Waals surface area contributed by atoms with Gasteiger partial charge in [-0.3, -0.25) is 0 Å². The lowest BCUT2D eigenvalue weighted by molar-refractivity contribution is 0.104. The molecule has 16 heavy (non-hydrogen) atoms. The van der Waals surface area contributed by atoms with Crippen LogP contribution in [-0.2, 0) is 0 Å². The maximum atomic E-state index is 3.59. The van der Waals surface area contributed by atoms with Crippen molar-refractivity contribution in [3.05, 3.63) is 0 Å². The van der Waals surface area contributed by atoms with Crippen LogP contribution in [0.2, 0.25) is 0 Å². The molecule has 1 aliphatic heterocycles. The monoisotopic (exact) mass is 224 g/mol. The van der Waals surface area contributed by atoms with Crippen LogP contribution in [0.5, 0.6) is 0 Å². The maximum Gasteiger partial charge on any atom is 0.00471 e. The van der Waals surface area contributed by atoms with Gasteiger partial charge in [0.1, 0.15) is 0 Å². The van der Waals surface area contributed by atoms with Gasteiger partial charge in [-0.2, -0.15) is 0 Å². The fraction of sp³-hybridized carbons (Fsp3) is 1.00. The minimum absolute atomic E-state index is 0.566. The quantitative estimate of drug-likeness (QED) is 0.772. The lowest BCUT2D eigenvalue weighted by Gasteiger charge is -2.41. The zero-order valence-electron chi connectivity index (χ0n) is 11.1. The Balaban J connectivity index is 1.79. The molecule has 2 rings (SSSR count). The van der Waals surface area contributed by atoms with Crippen molar-refractivity contribution in [1.82, 2.24) is 10.2 Å². The van der Waals surface area contributed by atoms with Crippen molar-refractivity contribution in [3.8, 4) is 0 Å². The summed E-state index contributed by atoms with van der Waals surface area (Å²) in [6.07, 6.45) is 8.54. The van der Waals surface area contributed by atoms with Gasteiger partial charge in [-0.1, -0.05) is 13.3 Å². The average Bonchev–Trinajstić information content (AvgIpc) is 2.25. The fourth-order valence-corrected chi connectivity index (χ4v) is 3.33. The van der Waals surface area contributed by atoms with Crippen LogP contribution >= 0.6 is 0 Å². The lowest BCUT2D eigenvalue weighted by atomic mass is 9.77. The highest BCUT2D eigenvalue weighted by Crippen LogP contribution is 2.32. The van der Waals surface area contributed by atoms with Gasteiger partial charge in [-0.25, -0.2) is 0 Å². The SMILES string of the molecule is CCC1(CN(C)CC2CCC2)CCCNC1. The molecule has 2 aliphatic rings. The molecule has 2 fully saturated rings. The predicted octanol–water partition coefficient (Wildman–Crippen LogP) is 2.50. The number of piperidine rings is 1. The average molecular weight is 224 g/mol. The normalized spacial score (nSPS) is 31.7. The van der Waals surface area contributed by atoms with Crippen LogP contribution in [0.4, 0.5) is 0 Å². The van der Waals surface area contributed by atoms with E-state index in [1.165, 1.54) is 64.7 Å². The Morgan fingerprint density at radius 1 is 1.31 bits per heavy atom. The van der Waals surface area contributed by atoms with Crippen LogP contribution in [0.1, 0.15) is 45.4 Å². The molecule has 1 saturated heterocycles. The first-order chi connectivity index (χ1) is 7.74. The van der Waals surface area contributed by atoms with E-state index in [4.69, 9.17) is 0 Å². The van der Waals surface area contributed by atoms with Gasteiger partial charge >= 0.3 is 0 Å². The van der Waals surface area contributed by atoms with Gasteiger partial charge in [-0.05, 0) is 57.0 Å². The van der Waals surface area contributed by atoms with Crippen LogP contribution in [0, 0.1) is 11.3 Å². The minimum Gasteiger partial charge on any atom is -0.316 e. The largest absolute Gasteiger partial charge is 0.316 e. The lowest BCUT2D eigenvalue weighted by Crippen LogP contribution is -2.47. The van der Waals surface area contributed by atoms with Crippen molar-refractivity contribution < 1.29 is 0 Å². The van der Waals surface area contributed by atoms with E-state index < -0.39 is 0 Å². The number of nitrogens with one attached hydrogen (secondary N) is 1. The highest BCUT2D eigenvalue weighted by Gasteiger charge is 2.32. The van der Waals surface area contributed by atoms with Crippen molar-refractivity contribution in [2.75, 3.05) is 33.2 Å². The Morgan fingerprint density at radius 3 is 2.62 bits per heavy atom. The molecule has 0 spiro atoms. The second-order valence-electron chi connectivity index (χ2n) is 6.13. The highest BCUT2D eigenvalue weighted by molar-refractivity contribution is 4.87. The van der Waals surface area contributed by atoms with E-state index in [1.54, 1.807) is 0 Å². The van der Waals surface area contributed by atoms with Crippen LogP contribution in [0.3, 0.4) is 0 Å². The number of hydrogen-bond acceptors (Lipinski definition) is 2. The molecule has 94 valence electrons.